The average Bonchev–Trinajstić information content (AvgIpc) is 2.67. The number of ether oxygens (including phenoxy) is 2. The van der Waals surface area contributed by atoms with Crippen LogP contribution < -0.4 is 0 Å². The fourth-order valence-electron chi connectivity index (χ4n) is 3.65. The van der Waals surface area contributed by atoms with E-state index < -0.39 is 30.7 Å². The molecular weight excluding hydrogens is 344 g/mol. The first-order valence-corrected chi connectivity index (χ1v) is 11.4. The number of unbranched alkanes of at least 4 members (excludes halogenated alkanes) is 13. The lowest BCUT2D eigenvalue weighted by molar-refractivity contribution is -0.293. The van der Waals surface area contributed by atoms with Crippen molar-refractivity contribution in [2.24, 2.45) is 0 Å². The molecule has 5 atom stereocenters. The predicted molar refractivity (Wildman–Crippen MR) is 109 cm³/mol. The minimum absolute atomic E-state index is 0.509. The minimum Gasteiger partial charge on any atom is -0.388 e. The van der Waals surface area contributed by atoms with Crippen molar-refractivity contribution < 1.29 is 24.8 Å². The number of rotatable bonds is 16. The molecule has 1 fully saturated rings. The van der Waals surface area contributed by atoms with Crippen LogP contribution in [0.3, 0.4) is 0 Å². The van der Waals surface area contributed by atoms with Crippen molar-refractivity contribution in [1.29, 1.82) is 0 Å². The van der Waals surface area contributed by atoms with Crippen molar-refractivity contribution in [2.75, 3.05) is 6.61 Å². The molecule has 0 aromatic carbocycles. The molecule has 0 bridgehead atoms. The second-order valence-electron chi connectivity index (χ2n) is 8.15. The Morgan fingerprint density at radius 2 is 1.07 bits per heavy atom. The van der Waals surface area contributed by atoms with Gasteiger partial charge in [-0.25, -0.2) is 0 Å². The molecule has 0 saturated carbocycles. The molecule has 5 heteroatoms. The van der Waals surface area contributed by atoms with Crippen LogP contribution in [0.1, 0.15) is 104 Å². The zero-order valence-electron chi connectivity index (χ0n) is 17.7. The van der Waals surface area contributed by atoms with Crippen LogP contribution in [0.5, 0.6) is 0 Å². The van der Waals surface area contributed by atoms with Gasteiger partial charge in [0.2, 0.25) is 0 Å². The van der Waals surface area contributed by atoms with Crippen LogP contribution in [0.4, 0.5) is 0 Å². The zero-order chi connectivity index (χ0) is 19.9. The van der Waals surface area contributed by atoms with Crippen molar-refractivity contribution in [3.05, 3.63) is 0 Å². The van der Waals surface area contributed by atoms with E-state index in [1.165, 1.54) is 77.0 Å². The minimum atomic E-state index is -1.21. The van der Waals surface area contributed by atoms with E-state index in [0.717, 1.165) is 12.8 Å². The topological polar surface area (TPSA) is 79.2 Å². The van der Waals surface area contributed by atoms with Crippen LogP contribution in [-0.2, 0) is 9.47 Å². The van der Waals surface area contributed by atoms with Crippen LogP contribution in [0.15, 0.2) is 0 Å². The Morgan fingerprint density at radius 3 is 1.56 bits per heavy atom. The lowest BCUT2D eigenvalue weighted by Gasteiger charge is -2.38. The van der Waals surface area contributed by atoms with Gasteiger partial charge in [-0.15, -0.1) is 0 Å². The highest BCUT2D eigenvalue weighted by molar-refractivity contribution is 4.87. The Labute approximate surface area is 166 Å². The maximum absolute atomic E-state index is 9.88. The van der Waals surface area contributed by atoms with E-state index in [0.29, 0.717) is 6.61 Å². The standard InChI is InChI=1S/C22H44O5/c1-3-4-5-6-7-8-9-10-11-12-13-14-15-16-17-26-22-21(25)20(24)19(23)18(2)27-22/h18-25H,3-17H2,1-2H3/t18-,19+,20+,21-,22+/m1/s1. The number of hydrogen-bond donors (Lipinski definition) is 3. The van der Waals surface area contributed by atoms with Gasteiger partial charge < -0.3 is 24.8 Å². The highest BCUT2D eigenvalue weighted by Crippen LogP contribution is 2.22. The van der Waals surface area contributed by atoms with E-state index in [-0.39, 0.29) is 0 Å². The highest BCUT2D eigenvalue weighted by atomic mass is 16.7. The van der Waals surface area contributed by atoms with Crippen molar-refractivity contribution >= 4 is 0 Å². The first-order valence-electron chi connectivity index (χ1n) is 11.4. The Bertz CT molecular complexity index is 339. The van der Waals surface area contributed by atoms with E-state index in [1.54, 1.807) is 6.92 Å². The molecule has 1 aliphatic rings. The monoisotopic (exact) mass is 388 g/mol. The van der Waals surface area contributed by atoms with Gasteiger partial charge in [0, 0.05) is 6.61 Å². The van der Waals surface area contributed by atoms with Crippen molar-refractivity contribution in [3.63, 3.8) is 0 Å². The lowest BCUT2D eigenvalue weighted by Crippen LogP contribution is -2.57. The average molecular weight is 389 g/mol. The molecule has 0 amide bonds. The van der Waals surface area contributed by atoms with Gasteiger partial charge in [0.05, 0.1) is 6.10 Å². The summed E-state index contributed by atoms with van der Waals surface area (Å²) in [5.41, 5.74) is 0. The Kier molecular flexibility index (Phi) is 14.4. The van der Waals surface area contributed by atoms with Crippen molar-refractivity contribution in [2.45, 2.75) is 134 Å². The molecule has 162 valence electrons. The summed E-state index contributed by atoms with van der Waals surface area (Å²) in [5.74, 6) is 0. The molecule has 1 saturated heterocycles. The molecule has 3 N–H and O–H groups in total. The molecule has 27 heavy (non-hydrogen) atoms. The third-order valence-electron chi connectivity index (χ3n) is 5.59. The van der Waals surface area contributed by atoms with Gasteiger partial charge in [-0.05, 0) is 13.3 Å². The first kappa shape index (κ1) is 24.8. The smallest absolute Gasteiger partial charge is 0.186 e. The van der Waals surface area contributed by atoms with Crippen LogP contribution in [0.25, 0.3) is 0 Å². The number of aliphatic hydroxyl groups is 3. The predicted octanol–water partition coefficient (Wildman–Crippen LogP) is 4.31. The third-order valence-corrected chi connectivity index (χ3v) is 5.59. The van der Waals surface area contributed by atoms with E-state index in [1.807, 2.05) is 0 Å². The van der Waals surface area contributed by atoms with Gasteiger partial charge in [0.1, 0.15) is 18.3 Å². The molecule has 0 unspecified atom stereocenters. The molecule has 0 aliphatic carbocycles. The largest absolute Gasteiger partial charge is 0.388 e. The second-order valence-corrected chi connectivity index (χ2v) is 8.15. The molecule has 0 radical (unpaired) electrons. The van der Waals surface area contributed by atoms with E-state index in [4.69, 9.17) is 9.47 Å². The van der Waals surface area contributed by atoms with Crippen molar-refractivity contribution in [1.82, 2.24) is 0 Å². The summed E-state index contributed by atoms with van der Waals surface area (Å²) in [7, 11) is 0. The highest BCUT2D eigenvalue weighted by Gasteiger charge is 2.42. The SMILES string of the molecule is CCCCCCCCCCCCCCCCO[C@H]1O[C@H](C)[C@H](O)[C@H](O)[C@H]1O. The normalized spacial score (nSPS) is 28.6. The third kappa shape index (κ3) is 10.8. The van der Waals surface area contributed by atoms with E-state index >= 15 is 0 Å². The molecule has 0 spiro atoms. The number of hydrogen-bond acceptors (Lipinski definition) is 5. The van der Waals surface area contributed by atoms with E-state index in [9.17, 15) is 15.3 Å². The van der Waals surface area contributed by atoms with Gasteiger partial charge in [-0.1, -0.05) is 90.4 Å². The molecule has 1 rings (SSSR count). The van der Waals surface area contributed by atoms with Gasteiger partial charge in [-0.2, -0.15) is 0 Å². The molecule has 0 aromatic rings. The number of aliphatic hydroxyl groups excluding tert-OH is 3. The van der Waals surface area contributed by atoms with Crippen LogP contribution in [0.2, 0.25) is 0 Å². The summed E-state index contributed by atoms with van der Waals surface area (Å²) in [4.78, 5) is 0. The Morgan fingerprint density at radius 1 is 0.630 bits per heavy atom. The molecule has 1 heterocycles. The first-order chi connectivity index (χ1) is 13.1. The fourth-order valence-corrected chi connectivity index (χ4v) is 3.65. The molecule has 5 nitrogen and oxygen atoms in total. The Hall–Kier alpha value is -0.200. The lowest BCUT2D eigenvalue weighted by atomic mass is 10.00. The van der Waals surface area contributed by atoms with Crippen LogP contribution in [-0.4, -0.2) is 52.6 Å². The quantitative estimate of drug-likeness (QED) is 0.343. The molecular formula is C22H44O5. The van der Waals surface area contributed by atoms with Gasteiger partial charge in [0.25, 0.3) is 0 Å². The summed E-state index contributed by atoms with van der Waals surface area (Å²) in [6.07, 6.45) is 13.5. The van der Waals surface area contributed by atoms with Gasteiger partial charge >= 0.3 is 0 Å². The Balaban J connectivity index is 1.85. The fraction of sp³-hybridized carbons (Fsp3) is 1.00. The summed E-state index contributed by atoms with van der Waals surface area (Å²) < 4.78 is 11.0. The second kappa shape index (κ2) is 15.7. The zero-order valence-corrected chi connectivity index (χ0v) is 17.7. The van der Waals surface area contributed by atoms with Gasteiger partial charge in [0.15, 0.2) is 6.29 Å². The summed E-state index contributed by atoms with van der Waals surface area (Å²) in [5, 5.41) is 29.3. The summed E-state index contributed by atoms with van der Waals surface area (Å²) >= 11 is 0. The van der Waals surface area contributed by atoms with Crippen LogP contribution >= 0.6 is 0 Å². The van der Waals surface area contributed by atoms with E-state index in [2.05, 4.69) is 6.92 Å². The summed E-state index contributed by atoms with van der Waals surface area (Å²) in [6.45, 7) is 4.44. The van der Waals surface area contributed by atoms with Crippen molar-refractivity contribution in [3.8, 4) is 0 Å². The molecule has 0 aromatic heterocycles. The summed E-state index contributed by atoms with van der Waals surface area (Å²) in [6, 6.07) is 0. The maximum atomic E-state index is 9.88. The maximum Gasteiger partial charge on any atom is 0.186 e. The van der Waals surface area contributed by atoms with Gasteiger partial charge in [-0.3, -0.25) is 0 Å². The van der Waals surface area contributed by atoms with Crippen LogP contribution in [0, 0.1) is 0 Å². The molecule has 1 aliphatic heterocycles.